The Morgan fingerprint density at radius 3 is 1.64 bits per heavy atom. The highest BCUT2D eigenvalue weighted by molar-refractivity contribution is 6.08. The van der Waals surface area contributed by atoms with Gasteiger partial charge in [-0.1, -0.05) is 0 Å². The second kappa shape index (κ2) is 36.3. The van der Waals surface area contributed by atoms with Gasteiger partial charge in [0.2, 0.25) is 12.2 Å². The van der Waals surface area contributed by atoms with Gasteiger partial charge in [0.1, 0.15) is 0 Å². The van der Waals surface area contributed by atoms with Crippen LogP contribution < -0.4 is 0 Å². The minimum absolute atomic E-state index is 0.750. The lowest BCUT2D eigenvalue weighted by Gasteiger charge is -1.84. The molecular formula is C5H12N2O3Si. The Hall–Kier alpha value is -1.06. The minimum Gasteiger partial charge on any atom is -0.385 e. The van der Waals surface area contributed by atoms with Crippen LogP contribution in [-0.4, -0.2) is 36.1 Å². The molecule has 0 saturated carbocycles. The van der Waals surface area contributed by atoms with Crippen LogP contribution in [0.25, 0.3) is 0 Å². The molecule has 0 aromatic heterocycles. The van der Waals surface area contributed by atoms with Gasteiger partial charge >= 0.3 is 0 Å². The smallest absolute Gasteiger partial charge is 0.231 e. The van der Waals surface area contributed by atoms with Crippen LogP contribution in [0, 0.1) is 10.8 Å². The van der Waals surface area contributed by atoms with Crippen LogP contribution in [-0.2, 0) is 14.3 Å². The molecule has 0 rings (SSSR count). The maximum Gasteiger partial charge on any atom is 0.231 e. The highest BCUT2D eigenvalue weighted by atomic mass is 28.1. The Labute approximate surface area is 68.2 Å². The Morgan fingerprint density at radius 1 is 1.36 bits per heavy atom. The molecular weight excluding hydrogens is 164 g/mol. The molecule has 0 aliphatic heterocycles. The summed E-state index contributed by atoms with van der Waals surface area (Å²) in [4.78, 5) is 16.7. The molecule has 5 nitrogen and oxygen atoms in total. The molecule has 0 amide bonds. The van der Waals surface area contributed by atoms with E-state index in [1.807, 2.05) is 0 Å². The number of carbonyl (C=O) groups excluding carboxylic acids is 2. The van der Waals surface area contributed by atoms with Crippen molar-refractivity contribution >= 4 is 22.4 Å². The first-order chi connectivity index (χ1) is 5.24. The normalized spacial score (nSPS) is 5.55. The summed E-state index contributed by atoms with van der Waals surface area (Å²) in [6.07, 6.45) is 1.50. The molecule has 6 heteroatoms. The van der Waals surface area contributed by atoms with E-state index in [0.29, 0.717) is 0 Å². The van der Waals surface area contributed by atoms with E-state index >= 15 is 0 Å². The first-order valence-corrected chi connectivity index (χ1v) is 4.23. The molecule has 0 fully saturated rings. The van der Waals surface area contributed by atoms with Gasteiger partial charge in [-0.3, -0.25) is 0 Å². The third-order valence-electron chi connectivity index (χ3n) is 0.408. The largest absolute Gasteiger partial charge is 0.385 e. The number of methoxy groups -OCH3 is 1. The lowest BCUT2D eigenvalue weighted by atomic mass is 10.9. The van der Waals surface area contributed by atoms with Crippen LogP contribution in [0.1, 0.15) is 0 Å². The molecule has 0 unspecified atom stereocenters. The van der Waals surface area contributed by atoms with E-state index in [1.54, 1.807) is 7.11 Å². The van der Waals surface area contributed by atoms with Crippen molar-refractivity contribution in [3.63, 3.8) is 0 Å². The highest BCUT2D eigenvalue weighted by Gasteiger charge is 1.66. The molecule has 0 aromatic carbocycles. The van der Waals surface area contributed by atoms with Crippen molar-refractivity contribution in [2.45, 2.75) is 6.04 Å². The summed E-state index contributed by atoms with van der Waals surface area (Å²) in [5.74, 6) is 0. The first-order valence-electron chi connectivity index (χ1n) is 2.81. The molecule has 11 heavy (non-hydrogen) atoms. The lowest BCUT2D eigenvalue weighted by molar-refractivity contribution is 0.216. The third-order valence-corrected chi connectivity index (χ3v) is 0.816. The van der Waals surface area contributed by atoms with Gasteiger partial charge in [0, 0.05) is 24.0 Å². The SMILES string of the molecule is COCC[SiH3].N=C=O.N=C=O. The fourth-order valence-electron chi connectivity index (χ4n) is 0.204. The third kappa shape index (κ3) is 490. The van der Waals surface area contributed by atoms with Crippen LogP contribution >= 0.6 is 0 Å². The zero-order chi connectivity index (χ0) is 9.54. The number of isocyanates is 2. The van der Waals surface area contributed by atoms with Crippen LogP contribution in [0.4, 0.5) is 0 Å². The van der Waals surface area contributed by atoms with Crippen LogP contribution in [0.3, 0.4) is 0 Å². The molecule has 0 saturated heterocycles. The van der Waals surface area contributed by atoms with E-state index < -0.39 is 0 Å². The van der Waals surface area contributed by atoms with Gasteiger partial charge < -0.3 is 4.74 Å². The Bertz CT molecular complexity index is 103. The second-order valence-electron chi connectivity index (χ2n) is 1.20. The molecule has 64 valence electrons. The average molecular weight is 176 g/mol. The summed E-state index contributed by atoms with van der Waals surface area (Å²) in [5, 5.41) is 10.8. The van der Waals surface area contributed by atoms with Gasteiger partial charge in [0.15, 0.2) is 0 Å². The van der Waals surface area contributed by atoms with E-state index in [2.05, 4.69) is 0 Å². The van der Waals surface area contributed by atoms with E-state index in [0.717, 1.165) is 18.8 Å². The fraction of sp³-hybridized carbons (Fsp3) is 0.600. The lowest BCUT2D eigenvalue weighted by Crippen LogP contribution is -1.82. The van der Waals surface area contributed by atoms with E-state index in [9.17, 15) is 0 Å². The minimum atomic E-state index is 0.750. The number of nitrogens with one attached hydrogen (secondary N) is 2. The van der Waals surface area contributed by atoms with Gasteiger partial charge in [-0.25, -0.2) is 20.4 Å². The summed E-state index contributed by atoms with van der Waals surface area (Å²) < 4.78 is 4.73. The Morgan fingerprint density at radius 2 is 1.64 bits per heavy atom. The van der Waals surface area contributed by atoms with Crippen LogP contribution in [0.2, 0.25) is 6.04 Å². The van der Waals surface area contributed by atoms with Gasteiger partial charge in [-0.15, -0.1) is 0 Å². The molecule has 0 atom stereocenters. The summed E-state index contributed by atoms with van der Waals surface area (Å²) in [6.45, 7) is 0.951. The van der Waals surface area contributed by atoms with Crippen molar-refractivity contribution in [3.05, 3.63) is 0 Å². The topological polar surface area (TPSA) is 91.1 Å². The molecule has 0 radical (unpaired) electrons. The average Bonchev–Trinajstić information content (AvgIpc) is 1.92. The van der Waals surface area contributed by atoms with Crippen molar-refractivity contribution in [2.24, 2.45) is 0 Å². The zero-order valence-electron chi connectivity index (χ0n) is 6.64. The van der Waals surface area contributed by atoms with Crippen molar-refractivity contribution in [1.82, 2.24) is 0 Å². The van der Waals surface area contributed by atoms with Gasteiger partial charge in [0.05, 0.1) is 0 Å². The van der Waals surface area contributed by atoms with Crippen molar-refractivity contribution < 1.29 is 14.3 Å². The fourth-order valence-corrected chi connectivity index (χ4v) is 0.612. The maximum atomic E-state index is 8.35. The molecule has 0 spiro atoms. The molecule has 2 N–H and O–H groups in total. The molecule has 0 aliphatic rings. The quantitative estimate of drug-likeness (QED) is 0.328. The Balaban J connectivity index is -0.0000000933. The summed E-state index contributed by atoms with van der Waals surface area (Å²) in [6, 6.07) is 1.26. The zero-order valence-corrected chi connectivity index (χ0v) is 8.64. The highest BCUT2D eigenvalue weighted by Crippen LogP contribution is 1.67. The second-order valence-corrected chi connectivity index (χ2v) is 2.20. The summed E-state index contributed by atoms with van der Waals surface area (Å²) >= 11 is 0. The molecule has 0 heterocycles. The molecule has 0 bridgehead atoms. The van der Waals surface area contributed by atoms with E-state index in [-0.39, 0.29) is 0 Å². The van der Waals surface area contributed by atoms with Crippen LogP contribution in [0.15, 0.2) is 0 Å². The van der Waals surface area contributed by atoms with Crippen molar-refractivity contribution in [1.29, 1.82) is 10.8 Å². The predicted octanol–water partition coefficient (Wildman–Crippen LogP) is -0.782. The Kier molecular flexibility index (Phi) is 54.5. The number of rotatable bonds is 2. The standard InChI is InChI=1S/C3H10OSi.2CHNO/c1-4-2-3-5;2*2-1-3/h2-3H2,1,5H3;2*2H. The van der Waals surface area contributed by atoms with Gasteiger partial charge in [-0.05, 0) is 6.04 Å². The summed E-state index contributed by atoms with van der Waals surface area (Å²) in [5.41, 5.74) is 0. The molecule has 0 aromatic rings. The monoisotopic (exact) mass is 176 g/mol. The first kappa shape index (κ1) is 16.5. The van der Waals surface area contributed by atoms with Crippen molar-refractivity contribution in [2.75, 3.05) is 13.7 Å². The summed E-state index contributed by atoms with van der Waals surface area (Å²) in [7, 11) is 3.01. The number of hydrogen-bond donors (Lipinski definition) is 2. The maximum absolute atomic E-state index is 8.35. The van der Waals surface area contributed by atoms with E-state index in [4.69, 9.17) is 25.1 Å². The van der Waals surface area contributed by atoms with Gasteiger partial charge in [-0.2, -0.15) is 0 Å². The number of ether oxygens (including phenoxy) is 1. The van der Waals surface area contributed by atoms with Crippen LogP contribution in [0.5, 0.6) is 0 Å². The molecule has 0 aliphatic carbocycles. The van der Waals surface area contributed by atoms with Gasteiger partial charge in [0.25, 0.3) is 0 Å². The predicted molar refractivity (Wildman–Crippen MR) is 43.4 cm³/mol. The van der Waals surface area contributed by atoms with E-state index in [1.165, 1.54) is 16.3 Å². The van der Waals surface area contributed by atoms with Crippen molar-refractivity contribution in [3.8, 4) is 0 Å². The number of hydrogen-bond acceptors (Lipinski definition) is 5.